The third kappa shape index (κ3) is 1.79. The summed E-state index contributed by atoms with van der Waals surface area (Å²) in [7, 11) is 0. The van der Waals surface area contributed by atoms with Crippen LogP contribution in [0.4, 0.5) is 8.78 Å². The lowest BCUT2D eigenvalue weighted by molar-refractivity contribution is -0.135. The van der Waals surface area contributed by atoms with E-state index in [0.717, 1.165) is 0 Å². The van der Waals surface area contributed by atoms with Crippen LogP contribution in [0.25, 0.3) is 0 Å². The quantitative estimate of drug-likeness (QED) is 0.715. The van der Waals surface area contributed by atoms with Crippen LogP contribution in [0.2, 0.25) is 0 Å². The van der Waals surface area contributed by atoms with E-state index in [1.54, 1.807) is 13.0 Å². The number of halogens is 2. The molecule has 0 N–H and O–H groups in total. The zero-order valence-corrected chi connectivity index (χ0v) is 7.09. The van der Waals surface area contributed by atoms with Crippen molar-refractivity contribution in [2.45, 2.75) is 31.8 Å². The average Bonchev–Trinajstić information content (AvgIpc) is 2.31. The monoisotopic (exact) mass is 189 g/mol. The number of hydrogen-bond acceptors (Lipinski definition) is 3. The van der Waals surface area contributed by atoms with Crippen LogP contribution in [-0.2, 0) is 0 Å². The SMILES string of the molecule is Cc1cc(OC2CC(F)(F)C2)no1. The molecule has 0 radical (unpaired) electrons. The number of aromatic nitrogens is 1. The Morgan fingerprint density at radius 3 is 2.77 bits per heavy atom. The summed E-state index contributed by atoms with van der Waals surface area (Å²) in [6.07, 6.45) is -0.864. The molecule has 1 aromatic heterocycles. The fourth-order valence-corrected chi connectivity index (χ4v) is 1.26. The van der Waals surface area contributed by atoms with Gasteiger partial charge in [-0.05, 0) is 12.1 Å². The summed E-state index contributed by atoms with van der Waals surface area (Å²) in [4.78, 5) is 0. The summed E-state index contributed by atoms with van der Waals surface area (Å²) in [5.74, 6) is -1.65. The average molecular weight is 189 g/mol. The topological polar surface area (TPSA) is 35.3 Å². The smallest absolute Gasteiger partial charge is 0.255 e. The number of hydrogen-bond donors (Lipinski definition) is 0. The van der Waals surface area contributed by atoms with Gasteiger partial charge < -0.3 is 9.26 Å². The van der Waals surface area contributed by atoms with Crippen LogP contribution in [0.15, 0.2) is 10.6 Å². The minimum absolute atomic E-state index is 0.223. The molecule has 1 aromatic rings. The van der Waals surface area contributed by atoms with Crippen molar-refractivity contribution in [2.75, 3.05) is 0 Å². The minimum Gasteiger partial charge on any atom is -0.472 e. The van der Waals surface area contributed by atoms with Crippen molar-refractivity contribution in [3.05, 3.63) is 11.8 Å². The molecule has 0 bridgehead atoms. The van der Waals surface area contributed by atoms with Gasteiger partial charge in [-0.3, -0.25) is 0 Å². The first-order valence-corrected chi connectivity index (χ1v) is 4.03. The van der Waals surface area contributed by atoms with Crippen molar-refractivity contribution in [2.24, 2.45) is 0 Å². The molecule has 0 aromatic carbocycles. The van der Waals surface area contributed by atoms with Crippen molar-refractivity contribution in [1.29, 1.82) is 0 Å². The van der Waals surface area contributed by atoms with E-state index >= 15 is 0 Å². The van der Waals surface area contributed by atoms with Gasteiger partial charge in [0.15, 0.2) is 0 Å². The molecule has 2 rings (SSSR count). The third-order valence-corrected chi connectivity index (χ3v) is 1.95. The summed E-state index contributed by atoms with van der Waals surface area (Å²) in [6.45, 7) is 1.72. The highest BCUT2D eigenvalue weighted by Crippen LogP contribution is 2.39. The van der Waals surface area contributed by atoms with E-state index in [0.29, 0.717) is 5.76 Å². The van der Waals surface area contributed by atoms with Crippen LogP contribution in [0.5, 0.6) is 5.88 Å². The summed E-state index contributed by atoms with van der Waals surface area (Å²) in [5.41, 5.74) is 0. The van der Waals surface area contributed by atoms with Crippen LogP contribution in [0, 0.1) is 6.92 Å². The highest BCUT2D eigenvalue weighted by atomic mass is 19.3. The van der Waals surface area contributed by atoms with Gasteiger partial charge in [-0.1, -0.05) is 0 Å². The predicted molar refractivity (Wildman–Crippen MR) is 39.8 cm³/mol. The molecule has 0 amide bonds. The molecular formula is C8H9F2NO2. The molecule has 1 saturated carbocycles. The second kappa shape index (κ2) is 2.68. The summed E-state index contributed by atoms with van der Waals surface area (Å²) in [5, 5.41) is 3.54. The normalized spacial score (nSPS) is 21.2. The van der Waals surface area contributed by atoms with E-state index in [9.17, 15) is 8.78 Å². The van der Waals surface area contributed by atoms with E-state index < -0.39 is 12.0 Å². The first-order chi connectivity index (χ1) is 6.05. The molecule has 13 heavy (non-hydrogen) atoms. The Labute approximate surface area is 73.7 Å². The molecule has 0 unspecified atom stereocenters. The molecule has 0 spiro atoms. The molecule has 3 nitrogen and oxygen atoms in total. The van der Waals surface area contributed by atoms with Crippen molar-refractivity contribution in [3.8, 4) is 5.88 Å². The summed E-state index contributed by atoms with van der Waals surface area (Å²) >= 11 is 0. The maximum Gasteiger partial charge on any atom is 0.255 e. The second-order valence-electron chi connectivity index (χ2n) is 3.28. The van der Waals surface area contributed by atoms with Gasteiger partial charge in [-0.15, -0.1) is 0 Å². The standard InChI is InChI=1S/C8H9F2NO2/c1-5-2-7(11-13-5)12-6-3-8(9,10)4-6/h2,6H,3-4H2,1H3. The Morgan fingerprint density at radius 1 is 1.62 bits per heavy atom. The number of alkyl halides is 2. The Kier molecular flexibility index (Phi) is 1.75. The first-order valence-electron chi connectivity index (χ1n) is 4.03. The fraction of sp³-hybridized carbons (Fsp3) is 0.625. The summed E-state index contributed by atoms with van der Waals surface area (Å²) < 4.78 is 34.6. The molecule has 1 fully saturated rings. The molecule has 0 aliphatic heterocycles. The van der Waals surface area contributed by atoms with Crippen molar-refractivity contribution >= 4 is 0 Å². The van der Waals surface area contributed by atoms with Crippen molar-refractivity contribution in [3.63, 3.8) is 0 Å². The molecule has 0 atom stereocenters. The predicted octanol–water partition coefficient (Wildman–Crippen LogP) is 2.16. The molecule has 1 aliphatic carbocycles. The van der Waals surface area contributed by atoms with Crippen molar-refractivity contribution in [1.82, 2.24) is 5.16 Å². The molecule has 5 heteroatoms. The van der Waals surface area contributed by atoms with Gasteiger partial charge in [0.1, 0.15) is 11.9 Å². The molecule has 1 aliphatic rings. The van der Waals surface area contributed by atoms with E-state index in [4.69, 9.17) is 9.26 Å². The number of rotatable bonds is 2. The lowest BCUT2D eigenvalue weighted by Crippen LogP contribution is -2.43. The lowest BCUT2D eigenvalue weighted by atomic mass is 9.91. The molecule has 0 saturated heterocycles. The highest BCUT2D eigenvalue weighted by molar-refractivity contribution is 5.10. The summed E-state index contributed by atoms with van der Waals surface area (Å²) in [6, 6.07) is 1.58. The zero-order chi connectivity index (χ0) is 9.47. The zero-order valence-electron chi connectivity index (χ0n) is 7.09. The minimum atomic E-state index is -2.55. The third-order valence-electron chi connectivity index (χ3n) is 1.95. The van der Waals surface area contributed by atoms with Crippen LogP contribution < -0.4 is 4.74 Å². The largest absolute Gasteiger partial charge is 0.472 e. The Morgan fingerprint density at radius 2 is 2.31 bits per heavy atom. The van der Waals surface area contributed by atoms with Gasteiger partial charge in [0.2, 0.25) is 0 Å². The van der Waals surface area contributed by atoms with E-state index in [1.807, 2.05) is 0 Å². The number of ether oxygens (including phenoxy) is 1. The highest BCUT2D eigenvalue weighted by Gasteiger charge is 2.47. The van der Waals surface area contributed by atoms with E-state index in [1.165, 1.54) is 0 Å². The second-order valence-corrected chi connectivity index (χ2v) is 3.28. The van der Waals surface area contributed by atoms with Gasteiger partial charge in [-0.25, -0.2) is 8.78 Å². The molecule has 1 heterocycles. The van der Waals surface area contributed by atoms with Crippen molar-refractivity contribution < 1.29 is 18.0 Å². The van der Waals surface area contributed by atoms with Gasteiger partial charge in [0.05, 0.1) is 0 Å². The maximum absolute atomic E-state index is 12.4. The van der Waals surface area contributed by atoms with Gasteiger partial charge in [0, 0.05) is 18.9 Å². The van der Waals surface area contributed by atoms with E-state index in [-0.39, 0.29) is 18.7 Å². The van der Waals surface area contributed by atoms with E-state index in [2.05, 4.69) is 5.16 Å². The number of aryl methyl sites for hydroxylation is 1. The lowest BCUT2D eigenvalue weighted by Gasteiger charge is -2.33. The molecular weight excluding hydrogens is 180 g/mol. The van der Waals surface area contributed by atoms with Gasteiger partial charge in [0.25, 0.3) is 11.8 Å². The van der Waals surface area contributed by atoms with Gasteiger partial charge in [-0.2, -0.15) is 0 Å². The maximum atomic E-state index is 12.4. The Hall–Kier alpha value is -1.13. The van der Waals surface area contributed by atoms with Crippen LogP contribution >= 0.6 is 0 Å². The Balaban J connectivity index is 1.87. The van der Waals surface area contributed by atoms with Crippen LogP contribution in [0.3, 0.4) is 0 Å². The fourth-order valence-electron chi connectivity index (χ4n) is 1.26. The molecule has 72 valence electrons. The van der Waals surface area contributed by atoms with Gasteiger partial charge >= 0.3 is 0 Å². The Bertz CT molecular complexity index is 303. The number of nitrogens with zero attached hydrogens (tertiary/aromatic N) is 1. The first kappa shape index (κ1) is 8.47. The van der Waals surface area contributed by atoms with Crippen LogP contribution in [0.1, 0.15) is 18.6 Å². The van der Waals surface area contributed by atoms with Crippen LogP contribution in [-0.4, -0.2) is 17.2 Å².